The Morgan fingerprint density at radius 2 is 1.90 bits per heavy atom. The zero-order chi connectivity index (χ0) is 14.9. The first kappa shape index (κ1) is 14.8. The maximum absolute atomic E-state index is 13.5. The number of hydrogen-bond donors (Lipinski definition) is 2. The molecule has 1 aromatic rings. The van der Waals surface area contributed by atoms with E-state index in [0.29, 0.717) is 0 Å². The second-order valence-electron chi connectivity index (χ2n) is 4.26. The number of carboxylic acids is 1. The Balaban J connectivity index is 2.30. The molecular formula is C11H11F2NO5S. The number of hydrogen-bond acceptors (Lipinski definition) is 4. The molecule has 1 aliphatic rings. The van der Waals surface area contributed by atoms with Crippen LogP contribution < -0.4 is 4.72 Å². The van der Waals surface area contributed by atoms with Crippen molar-refractivity contribution in [1.82, 2.24) is 4.72 Å². The number of sulfonamides is 1. The van der Waals surface area contributed by atoms with Crippen molar-refractivity contribution < 1.29 is 31.8 Å². The van der Waals surface area contributed by atoms with Crippen molar-refractivity contribution in [1.29, 1.82) is 0 Å². The molecule has 1 aromatic carbocycles. The van der Waals surface area contributed by atoms with Crippen molar-refractivity contribution in [2.24, 2.45) is 5.92 Å². The summed E-state index contributed by atoms with van der Waals surface area (Å²) in [6.07, 6.45) is 0. The van der Waals surface area contributed by atoms with Crippen LogP contribution in [0.25, 0.3) is 0 Å². The van der Waals surface area contributed by atoms with Gasteiger partial charge in [-0.1, -0.05) is 6.07 Å². The molecule has 0 amide bonds. The Labute approximate surface area is 113 Å². The van der Waals surface area contributed by atoms with Crippen molar-refractivity contribution in [3.05, 3.63) is 29.8 Å². The van der Waals surface area contributed by atoms with Crippen molar-refractivity contribution in [3.63, 3.8) is 0 Å². The number of carboxylic acid groups (broad SMARTS) is 1. The third-order valence-electron chi connectivity index (χ3n) is 2.89. The predicted molar refractivity (Wildman–Crippen MR) is 62.4 cm³/mol. The summed E-state index contributed by atoms with van der Waals surface area (Å²) in [5.74, 6) is -4.84. The number of ether oxygens (including phenoxy) is 1. The molecule has 20 heavy (non-hydrogen) atoms. The Bertz CT molecular complexity index is 613. The number of nitrogens with one attached hydrogen (secondary N) is 1. The molecule has 1 fully saturated rings. The van der Waals surface area contributed by atoms with Crippen LogP contribution in [0.4, 0.5) is 8.78 Å². The van der Waals surface area contributed by atoms with Gasteiger partial charge in [0.1, 0.15) is 11.6 Å². The molecule has 0 aliphatic carbocycles. The average molecular weight is 307 g/mol. The van der Waals surface area contributed by atoms with E-state index in [-0.39, 0.29) is 13.2 Å². The maximum atomic E-state index is 13.5. The molecular weight excluding hydrogens is 296 g/mol. The molecule has 0 bridgehead atoms. The van der Waals surface area contributed by atoms with Crippen LogP contribution in [0.2, 0.25) is 0 Å². The third kappa shape index (κ3) is 2.79. The van der Waals surface area contributed by atoms with Gasteiger partial charge in [-0.3, -0.25) is 4.79 Å². The lowest BCUT2D eigenvalue weighted by Gasteiger charge is -2.16. The van der Waals surface area contributed by atoms with Gasteiger partial charge in [0.25, 0.3) is 0 Å². The summed E-state index contributed by atoms with van der Waals surface area (Å²) in [6.45, 7) is -0.339. The predicted octanol–water partition coefficient (Wildman–Crippen LogP) is 0.343. The highest BCUT2D eigenvalue weighted by Crippen LogP contribution is 2.21. The van der Waals surface area contributed by atoms with Gasteiger partial charge >= 0.3 is 5.97 Å². The normalized spacial score (nSPS) is 22.9. The van der Waals surface area contributed by atoms with Gasteiger partial charge in [0, 0.05) is 0 Å². The molecule has 9 heteroatoms. The maximum Gasteiger partial charge on any atom is 0.310 e. The van der Waals surface area contributed by atoms with Crippen molar-refractivity contribution in [2.45, 2.75) is 10.9 Å². The summed E-state index contributed by atoms with van der Waals surface area (Å²) in [4.78, 5) is 9.78. The second-order valence-corrected chi connectivity index (χ2v) is 5.91. The molecule has 2 unspecified atom stereocenters. The minimum absolute atomic E-state index is 0.164. The number of aliphatic carboxylic acids is 1. The largest absolute Gasteiger partial charge is 0.481 e. The SMILES string of the molecule is O=C(O)C1COCC1NS(=O)(=O)c1c(F)cccc1F. The topological polar surface area (TPSA) is 92.7 Å². The first-order chi connectivity index (χ1) is 9.33. The standard InChI is InChI=1S/C11H11F2NO5S/c12-7-2-1-3-8(13)10(7)20(17,18)14-9-5-19-4-6(9)11(15)16/h1-3,6,9,14H,4-5H2,(H,15,16). The molecule has 2 atom stereocenters. The smallest absolute Gasteiger partial charge is 0.310 e. The lowest BCUT2D eigenvalue weighted by atomic mass is 10.1. The number of rotatable bonds is 4. The summed E-state index contributed by atoms with van der Waals surface area (Å²) < 4.78 is 57.7. The van der Waals surface area contributed by atoms with Gasteiger partial charge in [0.05, 0.1) is 25.2 Å². The average Bonchev–Trinajstić information content (AvgIpc) is 2.75. The van der Waals surface area contributed by atoms with Crippen molar-refractivity contribution >= 4 is 16.0 Å². The van der Waals surface area contributed by atoms with E-state index in [2.05, 4.69) is 0 Å². The molecule has 0 saturated carbocycles. The fourth-order valence-corrected chi connectivity index (χ4v) is 3.31. The van der Waals surface area contributed by atoms with E-state index in [4.69, 9.17) is 9.84 Å². The molecule has 1 aliphatic heterocycles. The molecule has 0 aromatic heterocycles. The van der Waals surface area contributed by atoms with Gasteiger partial charge < -0.3 is 9.84 Å². The quantitative estimate of drug-likeness (QED) is 0.837. The van der Waals surface area contributed by atoms with E-state index in [1.54, 1.807) is 0 Å². The lowest BCUT2D eigenvalue weighted by Crippen LogP contribution is -2.43. The van der Waals surface area contributed by atoms with E-state index in [1.165, 1.54) is 0 Å². The van der Waals surface area contributed by atoms with E-state index in [9.17, 15) is 22.0 Å². The van der Waals surface area contributed by atoms with Crippen LogP contribution in [-0.4, -0.2) is 38.7 Å². The minimum Gasteiger partial charge on any atom is -0.481 e. The van der Waals surface area contributed by atoms with E-state index < -0.39 is 44.5 Å². The van der Waals surface area contributed by atoms with Crippen LogP contribution in [0.5, 0.6) is 0 Å². The Hall–Kier alpha value is -1.58. The third-order valence-corrected chi connectivity index (χ3v) is 4.43. The highest BCUT2D eigenvalue weighted by Gasteiger charge is 2.38. The van der Waals surface area contributed by atoms with Crippen LogP contribution in [-0.2, 0) is 19.6 Å². The number of halogens is 2. The monoisotopic (exact) mass is 307 g/mol. The fourth-order valence-electron chi connectivity index (χ4n) is 1.91. The van der Waals surface area contributed by atoms with Crippen molar-refractivity contribution in [2.75, 3.05) is 13.2 Å². The molecule has 6 nitrogen and oxygen atoms in total. The van der Waals surface area contributed by atoms with Crippen LogP contribution in [0.1, 0.15) is 0 Å². The van der Waals surface area contributed by atoms with Crippen LogP contribution in [0.15, 0.2) is 23.1 Å². The lowest BCUT2D eigenvalue weighted by molar-refractivity contribution is -0.142. The van der Waals surface area contributed by atoms with Gasteiger partial charge in [0.2, 0.25) is 10.0 Å². The molecule has 110 valence electrons. The van der Waals surface area contributed by atoms with Crippen LogP contribution >= 0.6 is 0 Å². The second kappa shape index (κ2) is 5.43. The molecule has 0 spiro atoms. The Morgan fingerprint density at radius 1 is 1.30 bits per heavy atom. The van der Waals surface area contributed by atoms with Crippen LogP contribution in [0.3, 0.4) is 0 Å². The minimum atomic E-state index is -4.51. The molecule has 1 saturated heterocycles. The summed E-state index contributed by atoms with van der Waals surface area (Å²) in [5, 5.41) is 8.90. The highest BCUT2D eigenvalue weighted by atomic mass is 32.2. The Morgan fingerprint density at radius 3 is 2.45 bits per heavy atom. The summed E-state index contributed by atoms with van der Waals surface area (Å²) in [7, 11) is -4.51. The van der Waals surface area contributed by atoms with E-state index in [1.807, 2.05) is 4.72 Å². The number of carbonyl (C=O) groups is 1. The fraction of sp³-hybridized carbons (Fsp3) is 0.364. The highest BCUT2D eigenvalue weighted by molar-refractivity contribution is 7.89. The molecule has 2 N–H and O–H groups in total. The zero-order valence-electron chi connectivity index (χ0n) is 10.0. The summed E-state index contributed by atoms with van der Waals surface area (Å²) in [6, 6.07) is 1.56. The van der Waals surface area contributed by atoms with Gasteiger partial charge in [-0.05, 0) is 12.1 Å². The van der Waals surface area contributed by atoms with Crippen LogP contribution in [0, 0.1) is 17.6 Å². The number of benzene rings is 1. The Kier molecular flexibility index (Phi) is 4.02. The summed E-state index contributed by atoms with van der Waals surface area (Å²) in [5.41, 5.74) is 0. The molecule has 1 heterocycles. The molecule has 2 rings (SSSR count). The van der Waals surface area contributed by atoms with Gasteiger partial charge in [0.15, 0.2) is 4.90 Å². The van der Waals surface area contributed by atoms with Gasteiger partial charge in [-0.25, -0.2) is 21.9 Å². The van der Waals surface area contributed by atoms with E-state index >= 15 is 0 Å². The van der Waals surface area contributed by atoms with Crippen molar-refractivity contribution in [3.8, 4) is 0 Å². The molecule has 0 radical (unpaired) electrons. The van der Waals surface area contributed by atoms with Gasteiger partial charge in [-0.15, -0.1) is 0 Å². The zero-order valence-corrected chi connectivity index (χ0v) is 10.9. The van der Waals surface area contributed by atoms with Gasteiger partial charge in [-0.2, -0.15) is 0 Å². The summed E-state index contributed by atoms with van der Waals surface area (Å²) >= 11 is 0. The first-order valence-corrected chi connectivity index (χ1v) is 7.08. The van der Waals surface area contributed by atoms with E-state index in [0.717, 1.165) is 18.2 Å². The first-order valence-electron chi connectivity index (χ1n) is 5.60.